The quantitative estimate of drug-likeness (QED) is 0.526. The van der Waals surface area contributed by atoms with E-state index in [-0.39, 0.29) is 19.1 Å². The van der Waals surface area contributed by atoms with Gasteiger partial charge in [0.2, 0.25) is 0 Å². The maximum absolute atomic E-state index is 12.3. The summed E-state index contributed by atoms with van der Waals surface area (Å²) >= 11 is 7.67. The van der Waals surface area contributed by atoms with Crippen molar-refractivity contribution in [1.29, 1.82) is 0 Å². The van der Waals surface area contributed by atoms with Crippen LogP contribution in [0.25, 0.3) is 0 Å². The van der Waals surface area contributed by atoms with Crippen molar-refractivity contribution < 1.29 is 19.1 Å². The van der Waals surface area contributed by atoms with E-state index in [2.05, 4.69) is 0 Å². The van der Waals surface area contributed by atoms with E-state index in [4.69, 9.17) is 21.1 Å². The third-order valence-electron chi connectivity index (χ3n) is 4.60. The Labute approximate surface area is 174 Å². The number of hydrogen-bond acceptors (Lipinski definition) is 5. The van der Waals surface area contributed by atoms with Gasteiger partial charge in [-0.25, -0.2) is 0 Å². The summed E-state index contributed by atoms with van der Waals surface area (Å²) in [5.41, 5.74) is 1.90. The highest BCUT2D eigenvalue weighted by Gasteiger charge is 2.28. The lowest BCUT2D eigenvalue weighted by atomic mass is 9.97. The fourth-order valence-corrected chi connectivity index (χ4v) is 3.57. The molecule has 0 aromatic heterocycles. The zero-order valence-electron chi connectivity index (χ0n) is 15.8. The van der Waals surface area contributed by atoms with E-state index in [9.17, 15) is 9.59 Å². The van der Waals surface area contributed by atoms with Gasteiger partial charge in [-0.15, -0.1) is 11.8 Å². The second-order valence-electron chi connectivity index (χ2n) is 6.67. The topological polar surface area (TPSA) is 55.8 Å². The maximum Gasteiger partial charge on any atom is 0.313 e. The third kappa shape index (κ3) is 5.20. The van der Waals surface area contributed by atoms with Gasteiger partial charge in [-0.3, -0.25) is 9.59 Å². The first-order valence-electron chi connectivity index (χ1n) is 8.91. The van der Waals surface area contributed by atoms with E-state index < -0.39 is 11.9 Å². The normalized spacial score (nSPS) is 15.3. The summed E-state index contributed by atoms with van der Waals surface area (Å²) in [7, 11) is 1.70. The molecule has 0 N–H and O–H groups in total. The van der Waals surface area contributed by atoms with Gasteiger partial charge in [-0.05, 0) is 54.1 Å². The number of likely N-dealkylation sites (N-methyl/N-ethyl adjacent to an activating group) is 1. The van der Waals surface area contributed by atoms with Gasteiger partial charge in [0.05, 0.1) is 5.92 Å². The van der Waals surface area contributed by atoms with Crippen molar-refractivity contribution in [1.82, 2.24) is 4.90 Å². The Morgan fingerprint density at radius 1 is 1.25 bits per heavy atom. The van der Waals surface area contributed by atoms with Gasteiger partial charge in [-0.2, -0.15) is 0 Å². The Morgan fingerprint density at radius 2 is 2.00 bits per heavy atom. The first kappa shape index (κ1) is 20.6. The number of carbonyl (C=O) groups excluding carboxylic acids is 2. The molecule has 0 bridgehead atoms. The summed E-state index contributed by atoms with van der Waals surface area (Å²) in [5, 5.41) is 0.596. The second kappa shape index (κ2) is 9.34. The molecular weight excluding hydrogens is 398 g/mol. The van der Waals surface area contributed by atoms with Gasteiger partial charge >= 0.3 is 5.97 Å². The van der Waals surface area contributed by atoms with Crippen LogP contribution in [0.5, 0.6) is 5.75 Å². The summed E-state index contributed by atoms with van der Waals surface area (Å²) in [6.45, 7) is 0.417. The molecule has 0 spiro atoms. The van der Waals surface area contributed by atoms with E-state index in [0.29, 0.717) is 18.0 Å². The molecule has 1 atom stereocenters. The Balaban J connectivity index is 1.49. The first-order valence-corrected chi connectivity index (χ1v) is 10.5. The fraction of sp³-hybridized carbons (Fsp3) is 0.333. The minimum Gasteiger partial charge on any atom is -0.492 e. The predicted molar refractivity (Wildman–Crippen MR) is 110 cm³/mol. The van der Waals surface area contributed by atoms with Crippen molar-refractivity contribution in [2.75, 3.05) is 26.5 Å². The number of rotatable bonds is 6. The molecule has 2 aromatic rings. The molecular formula is C21H22ClNO4S. The Hall–Kier alpha value is -2.18. The number of nitrogens with zero attached hydrogens (tertiary/aromatic N) is 1. The zero-order valence-corrected chi connectivity index (χ0v) is 17.4. The smallest absolute Gasteiger partial charge is 0.313 e. The van der Waals surface area contributed by atoms with Crippen LogP contribution in [-0.4, -0.2) is 43.3 Å². The largest absolute Gasteiger partial charge is 0.492 e. The highest BCUT2D eigenvalue weighted by atomic mass is 35.5. The molecule has 2 aromatic carbocycles. The average molecular weight is 420 g/mol. The van der Waals surface area contributed by atoms with Gasteiger partial charge in [0.15, 0.2) is 6.61 Å². The average Bonchev–Trinajstić information content (AvgIpc) is 2.71. The lowest BCUT2D eigenvalue weighted by Crippen LogP contribution is -2.34. The molecule has 28 heavy (non-hydrogen) atoms. The number of benzene rings is 2. The predicted octanol–water partition coefficient (Wildman–Crippen LogP) is 3.81. The molecule has 5 nitrogen and oxygen atoms in total. The van der Waals surface area contributed by atoms with Crippen molar-refractivity contribution in [2.45, 2.75) is 17.9 Å². The van der Waals surface area contributed by atoms with Gasteiger partial charge < -0.3 is 14.4 Å². The number of carbonyl (C=O) groups is 2. The van der Waals surface area contributed by atoms with E-state index >= 15 is 0 Å². The molecule has 0 saturated heterocycles. The zero-order chi connectivity index (χ0) is 20.1. The summed E-state index contributed by atoms with van der Waals surface area (Å²) in [6, 6.07) is 13.4. The molecule has 7 heteroatoms. The van der Waals surface area contributed by atoms with Crippen LogP contribution in [0.3, 0.4) is 0 Å². The van der Waals surface area contributed by atoms with E-state index in [1.807, 2.05) is 30.5 Å². The van der Waals surface area contributed by atoms with E-state index in [1.165, 1.54) is 4.90 Å². The lowest BCUT2D eigenvalue weighted by Gasteiger charge is -2.24. The molecule has 0 unspecified atom stereocenters. The summed E-state index contributed by atoms with van der Waals surface area (Å²) in [4.78, 5) is 27.4. The first-order chi connectivity index (χ1) is 13.5. The van der Waals surface area contributed by atoms with Gasteiger partial charge in [0.25, 0.3) is 5.91 Å². The molecule has 1 aliphatic rings. The Kier molecular flexibility index (Phi) is 6.86. The molecule has 1 heterocycles. The van der Waals surface area contributed by atoms with Crippen molar-refractivity contribution in [3.8, 4) is 5.75 Å². The van der Waals surface area contributed by atoms with Crippen LogP contribution in [0.4, 0.5) is 0 Å². The molecule has 3 rings (SSSR count). The molecule has 0 fully saturated rings. The van der Waals surface area contributed by atoms with Crippen molar-refractivity contribution >= 4 is 35.2 Å². The van der Waals surface area contributed by atoms with Crippen LogP contribution in [-0.2, 0) is 27.3 Å². The summed E-state index contributed by atoms with van der Waals surface area (Å²) < 4.78 is 10.8. The number of fused-ring (bicyclic) bond motifs is 1. The number of amides is 1. The lowest BCUT2D eigenvalue weighted by molar-refractivity contribution is -0.156. The van der Waals surface area contributed by atoms with E-state index in [0.717, 1.165) is 16.9 Å². The highest BCUT2D eigenvalue weighted by molar-refractivity contribution is 7.98. The molecule has 0 radical (unpaired) electrons. The molecule has 1 aliphatic heterocycles. The summed E-state index contributed by atoms with van der Waals surface area (Å²) in [5.74, 6) is -0.390. The minimum atomic E-state index is -0.442. The maximum atomic E-state index is 12.3. The highest BCUT2D eigenvalue weighted by Crippen LogP contribution is 2.30. The number of halogens is 1. The van der Waals surface area contributed by atoms with Crippen LogP contribution in [0.2, 0.25) is 5.02 Å². The molecule has 0 saturated carbocycles. The standard InChI is InChI=1S/C21H22ClNO4S/c1-23(11-14-3-6-18(28-2)7-4-14)20(24)13-27-21(25)16-9-15-10-17(22)5-8-19(15)26-12-16/h3-8,10,16H,9,11-13H2,1-2H3/t16-/m0/s1. The number of ether oxygens (including phenoxy) is 2. The van der Waals surface area contributed by atoms with Crippen LogP contribution in [0.1, 0.15) is 11.1 Å². The Bertz CT molecular complexity index is 856. The van der Waals surface area contributed by atoms with Crippen molar-refractivity contribution in [3.63, 3.8) is 0 Å². The van der Waals surface area contributed by atoms with Crippen LogP contribution in [0, 0.1) is 5.92 Å². The van der Waals surface area contributed by atoms with Crippen molar-refractivity contribution in [2.24, 2.45) is 5.92 Å². The summed E-state index contributed by atoms with van der Waals surface area (Å²) in [6.07, 6.45) is 2.50. The Morgan fingerprint density at radius 3 is 2.71 bits per heavy atom. The third-order valence-corrected chi connectivity index (χ3v) is 5.58. The second-order valence-corrected chi connectivity index (χ2v) is 7.99. The van der Waals surface area contributed by atoms with Crippen molar-refractivity contribution in [3.05, 3.63) is 58.6 Å². The molecule has 1 amide bonds. The monoisotopic (exact) mass is 419 g/mol. The number of esters is 1. The molecule has 148 valence electrons. The van der Waals surface area contributed by atoms with Gasteiger partial charge in [-0.1, -0.05) is 23.7 Å². The number of thioether (sulfide) groups is 1. The van der Waals surface area contributed by atoms with Crippen LogP contribution < -0.4 is 4.74 Å². The number of hydrogen-bond donors (Lipinski definition) is 0. The minimum absolute atomic E-state index is 0.235. The molecule has 0 aliphatic carbocycles. The van der Waals surface area contributed by atoms with Gasteiger partial charge in [0.1, 0.15) is 12.4 Å². The fourth-order valence-electron chi connectivity index (χ4n) is 2.97. The van der Waals surface area contributed by atoms with Gasteiger partial charge in [0, 0.05) is 23.5 Å². The van der Waals surface area contributed by atoms with E-state index in [1.54, 1.807) is 41.9 Å². The van der Waals surface area contributed by atoms with Crippen LogP contribution in [0.15, 0.2) is 47.4 Å². The SMILES string of the molecule is CSc1ccc(CN(C)C(=O)COC(=O)[C@@H]2COc3ccc(Cl)cc3C2)cc1. The van der Waals surface area contributed by atoms with Crippen LogP contribution >= 0.6 is 23.4 Å².